The van der Waals surface area contributed by atoms with Crippen LogP contribution in [0.2, 0.25) is 0 Å². The van der Waals surface area contributed by atoms with Gasteiger partial charge in [0.15, 0.2) is 0 Å². The van der Waals surface area contributed by atoms with Crippen LogP contribution in [0.4, 0.5) is 0 Å². The maximum Gasteiger partial charge on any atom is 0.114 e. The molecule has 2 aromatic rings. The number of hydrogen-bond acceptors (Lipinski definition) is 4. The molecule has 0 spiro atoms. The molecular weight excluding hydrogens is 280 g/mol. The largest absolute Gasteiger partial charge is 0.380 e. The minimum absolute atomic E-state index is 0.138. The first-order valence-corrected chi connectivity index (χ1v) is 8.30. The third-order valence-corrected chi connectivity index (χ3v) is 4.38. The van der Waals surface area contributed by atoms with E-state index in [9.17, 15) is 0 Å². The van der Waals surface area contributed by atoms with Crippen molar-refractivity contribution in [1.29, 1.82) is 0 Å². The molecule has 0 amide bonds. The summed E-state index contributed by atoms with van der Waals surface area (Å²) in [6, 6.07) is 8.56. The fourth-order valence-corrected chi connectivity index (χ4v) is 3.41. The van der Waals surface area contributed by atoms with Gasteiger partial charge in [-0.1, -0.05) is 45.0 Å². The van der Waals surface area contributed by atoms with Gasteiger partial charge in [0.05, 0.1) is 18.3 Å². The van der Waals surface area contributed by atoms with Gasteiger partial charge in [-0.05, 0) is 23.6 Å². The molecule has 4 heteroatoms. The minimum Gasteiger partial charge on any atom is -0.380 e. The number of aromatic nitrogens is 1. The van der Waals surface area contributed by atoms with Crippen molar-refractivity contribution >= 4 is 11.3 Å². The summed E-state index contributed by atoms with van der Waals surface area (Å²) < 4.78 is 5.33. The zero-order chi connectivity index (χ0) is 15.2. The van der Waals surface area contributed by atoms with Crippen molar-refractivity contribution in [3.8, 4) is 0 Å². The number of benzene rings is 1. The van der Waals surface area contributed by atoms with E-state index in [-0.39, 0.29) is 6.04 Å². The second kappa shape index (κ2) is 7.69. The van der Waals surface area contributed by atoms with Gasteiger partial charge in [-0.3, -0.25) is 0 Å². The lowest BCUT2D eigenvalue weighted by Gasteiger charge is -2.19. The zero-order valence-corrected chi connectivity index (χ0v) is 14.0. The van der Waals surface area contributed by atoms with E-state index in [0.717, 1.165) is 11.6 Å². The monoisotopic (exact) mass is 304 g/mol. The average Bonchev–Trinajstić information content (AvgIpc) is 2.96. The Morgan fingerprint density at radius 1 is 1.29 bits per heavy atom. The van der Waals surface area contributed by atoms with E-state index >= 15 is 0 Å². The Morgan fingerprint density at radius 2 is 2.05 bits per heavy atom. The summed E-state index contributed by atoms with van der Waals surface area (Å²) in [7, 11) is 1.74. The molecule has 1 unspecified atom stereocenters. The summed E-state index contributed by atoms with van der Waals surface area (Å²) in [6.07, 6.45) is 0. The fourth-order valence-electron chi connectivity index (χ4n) is 2.34. The first-order valence-electron chi connectivity index (χ1n) is 7.42. The molecule has 1 aromatic heterocycles. The molecule has 0 saturated carbocycles. The van der Waals surface area contributed by atoms with Crippen LogP contribution >= 0.6 is 11.3 Å². The first kappa shape index (κ1) is 16.1. The normalized spacial score (nSPS) is 12.8. The molecule has 1 atom stereocenters. The van der Waals surface area contributed by atoms with Crippen LogP contribution in [0.25, 0.3) is 0 Å². The van der Waals surface area contributed by atoms with Crippen molar-refractivity contribution in [1.82, 2.24) is 10.3 Å². The lowest BCUT2D eigenvalue weighted by Crippen LogP contribution is -2.23. The standard InChI is InChI=1S/C17H24N2OS/c1-5-18-16(17-19-15(11-21-17)12(2)3)14-9-7-6-8-13(14)10-20-4/h6-9,11-12,16,18H,5,10H2,1-4H3. The number of hydrogen-bond donors (Lipinski definition) is 1. The van der Waals surface area contributed by atoms with Crippen molar-refractivity contribution in [2.24, 2.45) is 0 Å². The molecule has 0 bridgehead atoms. The third kappa shape index (κ3) is 3.90. The Morgan fingerprint density at radius 3 is 2.67 bits per heavy atom. The molecular formula is C17H24N2OS. The fraction of sp³-hybridized carbons (Fsp3) is 0.471. The van der Waals surface area contributed by atoms with E-state index in [2.05, 4.69) is 55.7 Å². The molecule has 114 valence electrons. The van der Waals surface area contributed by atoms with Gasteiger partial charge in [-0.2, -0.15) is 0 Å². The summed E-state index contributed by atoms with van der Waals surface area (Å²) in [6.45, 7) is 8.02. The van der Waals surface area contributed by atoms with Crippen LogP contribution in [-0.2, 0) is 11.3 Å². The Kier molecular flexibility index (Phi) is 5.91. The van der Waals surface area contributed by atoms with Crippen LogP contribution < -0.4 is 5.32 Å². The van der Waals surface area contributed by atoms with E-state index in [0.29, 0.717) is 12.5 Å². The van der Waals surface area contributed by atoms with E-state index in [1.165, 1.54) is 16.8 Å². The molecule has 1 heterocycles. The smallest absolute Gasteiger partial charge is 0.114 e. The highest BCUT2D eigenvalue weighted by Gasteiger charge is 2.20. The molecule has 0 saturated heterocycles. The Bertz CT molecular complexity index is 565. The quantitative estimate of drug-likeness (QED) is 0.836. The van der Waals surface area contributed by atoms with Gasteiger partial charge < -0.3 is 10.1 Å². The second-order valence-electron chi connectivity index (χ2n) is 5.39. The zero-order valence-electron chi connectivity index (χ0n) is 13.2. The lowest BCUT2D eigenvalue weighted by atomic mass is 10.0. The number of ether oxygens (including phenoxy) is 1. The average molecular weight is 304 g/mol. The lowest BCUT2D eigenvalue weighted by molar-refractivity contribution is 0.183. The van der Waals surface area contributed by atoms with Crippen LogP contribution in [0, 0.1) is 0 Å². The van der Waals surface area contributed by atoms with Crippen molar-refractivity contribution < 1.29 is 4.74 Å². The SMILES string of the molecule is CCNC(c1nc(C(C)C)cs1)c1ccccc1COC. The van der Waals surface area contributed by atoms with Gasteiger partial charge in [-0.25, -0.2) is 4.98 Å². The summed E-state index contributed by atoms with van der Waals surface area (Å²) in [5.74, 6) is 0.464. The number of nitrogens with one attached hydrogen (secondary N) is 1. The van der Waals surface area contributed by atoms with Gasteiger partial charge in [0.2, 0.25) is 0 Å². The highest BCUT2D eigenvalue weighted by Crippen LogP contribution is 2.29. The highest BCUT2D eigenvalue weighted by atomic mass is 32.1. The van der Waals surface area contributed by atoms with Gasteiger partial charge in [0, 0.05) is 12.5 Å². The van der Waals surface area contributed by atoms with Crippen molar-refractivity contribution in [2.75, 3.05) is 13.7 Å². The second-order valence-corrected chi connectivity index (χ2v) is 6.28. The Labute approximate surface area is 131 Å². The molecule has 1 N–H and O–H groups in total. The van der Waals surface area contributed by atoms with Crippen LogP contribution in [-0.4, -0.2) is 18.6 Å². The molecule has 2 rings (SSSR count). The summed E-state index contributed by atoms with van der Waals surface area (Å²) in [4.78, 5) is 4.82. The molecule has 0 aliphatic rings. The topological polar surface area (TPSA) is 34.2 Å². The van der Waals surface area contributed by atoms with E-state index in [1.807, 2.05) is 0 Å². The number of rotatable bonds is 7. The minimum atomic E-state index is 0.138. The molecule has 0 aliphatic heterocycles. The van der Waals surface area contributed by atoms with E-state index < -0.39 is 0 Å². The molecule has 0 radical (unpaired) electrons. The van der Waals surface area contributed by atoms with Crippen molar-refractivity contribution in [3.63, 3.8) is 0 Å². The summed E-state index contributed by atoms with van der Waals surface area (Å²) in [5.41, 5.74) is 3.64. The molecule has 0 aliphatic carbocycles. The number of thiazole rings is 1. The Balaban J connectivity index is 2.38. The van der Waals surface area contributed by atoms with E-state index in [1.54, 1.807) is 18.4 Å². The van der Waals surface area contributed by atoms with Gasteiger partial charge >= 0.3 is 0 Å². The van der Waals surface area contributed by atoms with E-state index in [4.69, 9.17) is 9.72 Å². The summed E-state index contributed by atoms with van der Waals surface area (Å²) in [5, 5.41) is 6.86. The predicted molar refractivity (Wildman–Crippen MR) is 88.9 cm³/mol. The molecule has 0 fully saturated rings. The van der Waals surface area contributed by atoms with Crippen LogP contribution in [0.5, 0.6) is 0 Å². The van der Waals surface area contributed by atoms with Crippen molar-refractivity contribution in [3.05, 3.63) is 51.5 Å². The summed E-state index contributed by atoms with van der Waals surface area (Å²) >= 11 is 1.73. The molecule has 1 aromatic carbocycles. The van der Waals surface area contributed by atoms with Crippen LogP contribution in [0.1, 0.15) is 54.6 Å². The first-order chi connectivity index (χ1) is 10.2. The van der Waals surface area contributed by atoms with Crippen molar-refractivity contribution in [2.45, 2.75) is 39.3 Å². The number of nitrogens with zero attached hydrogens (tertiary/aromatic N) is 1. The van der Waals surface area contributed by atoms with Gasteiger partial charge in [0.25, 0.3) is 0 Å². The van der Waals surface area contributed by atoms with Gasteiger partial charge in [-0.15, -0.1) is 11.3 Å². The maximum atomic E-state index is 5.33. The Hall–Kier alpha value is -1.23. The molecule has 3 nitrogen and oxygen atoms in total. The maximum absolute atomic E-state index is 5.33. The molecule has 21 heavy (non-hydrogen) atoms. The van der Waals surface area contributed by atoms with Crippen LogP contribution in [0.15, 0.2) is 29.6 Å². The highest BCUT2D eigenvalue weighted by molar-refractivity contribution is 7.09. The van der Waals surface area contributed by atoms with Gasteiger partial charge in [0.1, 0.15) is 5.01 Å². The third-order valence-electron chi connectivity index (χ3n) is 3.45. The van der Waals surface area contributed by atoms with Crippen LogP contribution in [0.3, 0.4) is 0 Å². The number of methoxy groups -OCH3 is 1. The predicted octanol–water partition coefficient (Wildman–Crippen LogP) is 4.11.